The molecule has 0 amide bonds. The molecule has 0 bridgehead atoms. The van der Waals surface area contributed by atoms with Gasteiger partial charge in [0.1, 0.15) is 11.7 Å². The van der Waals surface area contributed by atoms with E-state index in [4.69, 9.17) is 21.4 Å². The third-order valence-corrected chi connectivity index (χ3v) is 3.43. The third kappa shape index (κ3) is 2.76. The van der Waals surface area contributed by atoms with Crippen molar-refractivity contribution < 1.29 is 19.7 Å². The van der Waals surface area contributed by atoms with Crippen molar-refractivity contribution in [3.63, 3.8) is 0 Å². The van der Waals surface area contributed by atoms with E-state index in [9.17, 15) is 9.90 Å². The molecule has 0 aliphatic heterocycles. The molecule has 1 aliphatic rings. The Morgan fingerprint density at radius 2 is 2.06 bits per heavy atom. The minimum atomic E-state index is -1.09. The molecule has 2 atom stereocenters. The maximum Gasteiger partial charge on any atom is 0.339 e. The minimum Gasteiger partial charge on any atom is -0.485 e. The summed E-state index contributed by atoms with van der Waals surface area (Å²) in [5.41, 5.74) is 0.0280. The van der Waals surface area contributed by atoms with Crippen molar-refractivity contribution >= 4 is 17.6 Å². The molecular formula is C13H15ClO4. The molecule has 0 saturated heterocycles. The molecule has 0 heterocycles. The molecule has 2 rings (SSSR count). The van der Waals surface area contributed by atoms with Crippen LogP contribution < -0.4 is 4.74 Å². The average Bonchev–Trinajstić information content (AvgIpc) is 2.34. The smallest absolute Gasteiger partial charge is 0.339 e. The molecule has 1 saturated carbocycles. The van der Waals surface area contributed by atoms with Crippen molar-refractivity contribution in [3.8, 4) is 5.75 Å². The maximum atomic E-state index is 11.1. The van der Waals surface area contributed by atoms with Gasteiger partial charge >= 0.3 is 5.97 Å². The van der Waals surface area contributed by atoms with Crippen LogP contribution in [0.25, 0.3) is 0 Å². The standard InChI is InChI=1S/C13H15ClO4/c14-9-5-3-4-8(13(16)17)12(9)18-11-7-2-1-6-10(11)15/h3-5,10-11,15H,1-2,6-7H2,(H,16,17). The zero-order valence-corrected chi connectivity index (χ0v) is 10.6. The molecule has 0 radical (unpaired) electrons. The van der Waals surface area contributed by atoms with Crippen molar-refractivity contribution in [2.24, 2.45) is 0 Å². The highest BCUT2D eigenvalue weighted by atomic mass is 35.5. The summed E-state index contributed by atoms with van der Waals surface area (Å²) in [5.74, 6) is -0.935. The molecule has 2 N–H and O–H groups in total. The molecule has 0 aromatic heterocycles. The Hall–Kier alpha value is -1.26. The number of para-hydroxylation sites is 1. The van der Waals surface area contributed by atoms with Crippen LogP contribution in [0, 0.1) is 0 Å². The highest BCUT2D eigenvalue weighted by Crippen LogP contribution is 2.32. The molecule has 18 heavy (non-hydrogen) atoms. The highest BCUT2D eigenvalue weighted by Gasteiger charge is 2.27. The number of ether oxygens (including phenoxy) is 1. The quantitative estimate of drug-likeness (QED) is 0.886. The Labute approximate surface area is 110 Å². The zero-order chi connectivity index (χ0) is 13.1. The van der Waals surface area contributed by atoms with Crippen LogP contribution in [0.3, 0.4) is 0 Å². The van der Waals surface area contributed by atoms with Crippen molar-refractivity contribution in [3.05, 3.63) is 28.8 Å². The average molecular weight is 271 g/mol. The lowest BCUT2D eigenvalue weighted by molar-refractivity contribution is 0.00611. The predicted octanol–water partition coefficient (Wildman–Crippen LogP) is 2.72. The van der Waals surface area contributed by atoms with Gasteiger partial charge in [0, 0.05) is 0 Å². The Balaban J connectivity index is 2.24. The van der Waals surface area contributed by atoms with Crippen LogP contribution in [-0.2, 0) is 0 Å². The first-order valence-corrected chi connectivity index (χ1v) is 6.34. The third-order valence-electron chi connectivity index (χ3n) is 3.13. The predicted molar refractivity (Wildman–Crippen MR) is 67.3 cm³/mol. The number of carboxylic acids is 1. The Bertz CT molecular complexity index is 447. The van der Waals surface area contributed by atoms with Crippen molar-refractivity contribution in [1.29, 1.82) is 0 Å². The molecule has 4 nitrogen and oxygen atoms in total. The summed E-state index contributed by atoms with van der Waals surface area (Å²) in [5, 5.41) is 19.2. The summed E-state index contributed by atoms with van der Waals surface area (Å²) >= 11 is 5.97. The number of benzene rings is 1. The first kappa shape index (κ1) is 13.2. The molecule has 5 heteroatoms. The molecule has 1 fully saturated rings. The van der Waals surface area contributed by atoms with Gasteiger partial charge in [-0.1, -0.05) is 24.1 Å². The first-order valence-electron chi connectivity index (χ1n) is 5.96. The van der Waals surface area contributed by atoms with E-state index in [1.165, 1.54) is 6.07 Å². The topological polar surface area (TPSA) is 66.8 Å². The van der Waals surface area contributed by atoms with Crippen LogP contribution in [-0.4, -0.2) is 28.4 Å². The lowest BCUT2D eigenvalue weighted by atomic mass is 9.95. The summed E-state index contributed by atoms with van der Waals surface area (Å²) in [4.78, 5) is 11.1. The number of carbonyl (C=O) groups is 1. The number of aromatic carboxylic acids is 1. The van der Waals surface area contributed by atoms with Crippen molar-refractivity contribution in [2.45, 2.75) is 37.9 Å². The van der Waals surface area contributed by atoms with Crippen LogP contribution in [0.5, 0.6) is 5.75 Å². The maximum absolute atomic E-state index is 11.1. The van der Waals surface area contributed by atoms with Crippen LogP contribution in [0.1, 0.15) is 36.0 Å². The van der Waals surface area contributed by atoms with E-state index in [2.05, 4.69) is 0 Å². The normalized spacial score (nSPS) is 23.7. The fourth-order valence-electron chi connectivity index (χ4n) is 2.16. The van der Waals surface area contributed by atoms with Gasteiger partial charge in [-0.25, -0.2) is 4.79 Å². The van der Waals surface area contributed by atoms with Gasteiger partial charge in [0.05, 0.1) is 11.1 Å². The molecule has 1 aliphatic carbocycles. The number of aliphatic hydroxyl groups excluding tert-OH is 1. The van der Waals surface area contributed by atoms with Crippen LogP contribution in [0.4, 0.5) is 0 Å². The number of hydrogen-bond donors (Lipinski definition) is 2. The number of aliphatic hydroxyl groups is 1. The van der Waals surface area contributed by atoms with Gasteiger partial charge in [-0.15, -0.1) is 0 Å². The van der Waals surface area contributed by atoms with Crippen LogP contribution in [0.15, 0.2) is 18.2 Å². The number of carboxylic acid groups (broad SMARTS) is 1. The van der Waals surface area contributed by atoms with Crippen molar-refractivity contribution in [1.82, 2.24) is 0 Å². The monoisotopic (exact) mass is 270 g/mol. The lowest BCUT2D eigenvalue weighted by Gasteiger charge is -2.29. The Morgan fingerprint density at radius 1 is 1.33 bits per heavy atom. The first-order chi connectivity index (χ1) is 8.59. The lowest BCUT2D eigenvalue weighted by Crippen LogP contribution is -2.35. The summed E-state index contributed by atoms with van der Waals surface area (Å²) in [7, 11) is 0. The second kappa shape index (κ2) is 5.59. The second-order valence-corrected chi connectivity index (χ2v) is 4.84. The molecule has 1 aromatic rings. The summed E-state index contributed by atoms with van der Waals surface area (Å²) in [6.45, 7) is 0. The number of halogens is 1. The molecule has 0 spiro atoms. The highest BCUT2D eigenvalue weighted by molar-refractivity contribution is 6.32. The SMILES string of the molecule is O=C(O)c1cccc(Cl)c1OC1CCCCC1O. The summed E-state index contributed by atoms with van der Waals surface area (Å²) in [6, 6.07) is 4.59. The number of rotatable bonds is 3. The van der Waals surface area contributed by atoms with Crippen molar-refractivity contribution in [2.75, 3.05) is 0 Å². The van der Waals surface area contributed by atoms with E-state index in [1.807, 2.05) is 0 Å². The largest absolute Gasteiger partial charge is 0.485 e. The molecule has 1 aromatic carbocycles. The van der Waals surface area contributed by atoms with E-state index in [0.29, 0.717) is 12.8 Å². The van der Waals surface area contributed by atoms with Gasteiger partial charge in [0.2, 0.25) is 0 Å². The van der Waals surface area contributed by atoms with Gasteiger partial charge in [0.15, 0.2) is 5.75 Å². The van der Waals surface area contributed by atoms with E-state index in [0.717, 1.165) is 12.8 Å². The van der Waals surface area contributed by atoms with Gasteiger partial charge in [-0.05, 0) is 31.4 Å². The Morgan fingerprint density at radius 3 is 2.72 bits per heavy atom. The molecular weight excluding hydrogens is 256 g/mol. The summed E-state index contributed by atoms with van der Waals surface area (Å²) < 4.78 is 5.63. The van der Waals surface area contributed by atoms with E-state index in [-0.39, 0.29) is 22.4 Å². The van der Waals surface area contributed by atoms with E-state index >= 15 is 0 Å². The van der Waals surface area contributed by atoms with Crippen LogP contribution >= 0.6 is 11.6 Å². The van der Waals surface area contributed by atoms with Gasteiger partial charge in [-0.3, -0.25) is 0 Å². The van der Waals surface area contributed by atoms with Gasteiger partial charge < -0.3 is 14.9 Å². The number of hydrogen-bond acceptors (Lipinski definition) is 3. The fourth-order valence-corrected chi connectivity index (χ4v) is 2.38. The molecule has 2 unspecified atom stereocenters. The molecule has 98 valence electrons. The minimum absolute atomic E-state index is 0.0280. The van der Waals surface area contributed by atoms with Crippen LogP contribution in [0.2, 0.25) is 5.02 Å². The summed E-state index contributed by atoms with van der Waals surface area (Å²) in [6.07, 6.45) is 2.39. The Kier molecular flexibility index (Phi) is 4.09. The van der Waals surface area contributed by atoms with E-state index in [1.54, 1.807) is 12.1 Å². The second-order valence-electron chi connectivity index (χ2n) is 4.43. The zero-order valence-electron chi connectivity index (χ0n) is 9.80. The van der Waals surface area contributed by atoms with E-state index < -0.39 is 12.1 Å². The van der Waals surface area contributed by atoms with Gasteiger partial charge in [-0.2, -0.15) is 0 Å². The fraction of sp³-hybridized carbons (Fsp3) is 0.462. The van der Waals surface area contributed by atoms with Gasteiger partial charge in [0.25, 0.3) is 0 Å².